The van der Waals surface area contributed by atoms with Crippen LogP contribution in [0.15, 0.2) is 43.0 Å². The predicted octanol–water partition coefficient (Wildman–Crippen LogP) is 1.86. The zero-order chi connectivity index (χ0) is 10.7. The van der Waals surface area contributed by atoms with Gasteiger partial charge in [0.1, 0.15) is 0 Å². The van der Waals surface area contributed by atoms with Gasteiger partial charge in [-0.15, -0.1) is 24.8 Å². The summed E-state index contributed by atoms with van der Waals surface area (Å²) in [5.41, 5.74) is 6.89. The summed E-state index contributed by atoms with van der Waals surface area (Å²) in [5.74, 6) is -0.0489. The highest BCUT2D eigenvalue weighted by Gasteiger charge is 2.02. The second-order valence-corrected chi connectivity index (χ2v) is 3.14. The van der Waals surface area contributed by atoms with E-state index in [4.69, 9.17) is 5.73 Å². The molecule has 1 heterocycles. The topological polar surface area (TPSA) is 60.9 Å². The highest BCUT2D eigenvalue weighted by atomic mass is 35.5. The molecule has 17 heavy (non-hydrogen) atoms. The number of Topliss-reactive ketones (excluding diaryl/α,β-unsaturated/α-hetero) is 1. The zero-order valence-corrected chi connectivity index (χ0v) is 10.6. The molecular weight excluding hydrogens is 261 g/mol. The number of carbonyl (C=O) groups excluding carboxylic acids is 1. The fourth-order valence-electron chi connectivity index (χ4n) is 1.35. The standard InChI is InChI=1S/C11H11N3O.2ClH/c12-7-11(15)9-1-3-10(4-2-9)14-6-5-13-8-14;;/h1-6,8H,7,12H2;2*1H. The first-order valence-corrected chi connectivity index (χ1v) is 4.63. The molecule has 0 aliphatic carbocycles. The molecule has 0 fully saturated rings. The maximum Gasteiger partial charge on any atom is 0.176 e. The van der Waals surface area contributed by atoms with E-state index < -0.39 is 0 Å². The van der Waals surface area contributed by atoms with Crippen LogP contribution in [0.2, 0.25) is 0 Å². The lowest BCUT2D eigenvalue weighted by Crippen LogP contribution is -2.13. The minimum Gasteiger partial charge on any atom is -0.324 e. The monoisotopic (exact) mass is 273 g/mol. The molecule has 92 valence electrons. The maximum absolute atomic E-state index is 11.3. The Morgan fingerprint density at radius 2 is 1.88 bits per heavy atom. The Bertz CT molecular complexity index is 454. The molecule has 0 atom stereocenters. The van der Waals surface area contributed by atoms with Crippen LogP contribution in [0.4, 0.5) is 0 Å². The summed E-state index contributed by atoms with van der Waals surface area (Å²) in [6.07, 6.45) is 5.26. The summed E-state index contributed by atoms with van der Waals surface area (Å²) >= 11 is 0. The summed E-state index contributed by atoms with van der Waals surface area (Å²) in [6.45, 7) is 0.0461. The Balaban J connectivity index is 0.00000128. The molecule has 0 saturated carbocycles. The van der Waals surface area contributed by atoms with Crippen LogP contribution in [-0.2, 0) is 0 Å². The normalized spacial score (nSPS) is 9.00. The van der Waals surface area contributed by atoms with E-state index in [0.717, 1.165) is 5.69 Å². The van der Waals surface area contributed by atoms with Crippen LogP contribution < -0.4 is 5.73 Å². The van der Waals surface area contributed by atoms with Crippen LogP contribution in [-0.4, -0.2) is 21.9 Å². The largest absolute Gasteiger partial charge is 0.324 e. The lowest BCUT2D eigenvalue weighted by atomic mass is 10.1. The molecule has 6 heteroatoms. The van der Waals surface area contributed by atoms with E-state index in [9.17, 15) is 4.79 Å². The molecule has 4 nitrogen and oxygen atoms in total. The number of imidazole rings is 1. The first-order chi connectivity index (χ1) is 7.31. The Kier molecular flexibility index (Phi) is 6.50. The number of benzene rings is 1. The van der Waals surface area contributed by atoms with Gasteiger partial charge in [-0.2, -0.15) is 0 Å². The zero-order valence-electron chi connectivity index (χ0n) is 8.95. The van der Waals surface area contributed by atoms with Crippen molar-refractivity contribution < 1.29 is 4.79 Å². The van der Waals surface area contributed by atoms with Crippen LogP contribution >= 0.6 is 24.8 Å². The van der Waals surface area contributed by atoms with Crippen molar-refractivity contribution in [2.45, 2.75) is 0 Å². The summed E-state index contributed by atoms with van der Waals surface area (Å²) in [4.78, 5) is 15.2. The van der Waals surface area contributed by atoms with E-state index in [2.05, 4.69) is 4.98 Å². The van der Waals surface area contributed by atoms with Crippen molar-refractivity contribution >= 4 is 30.6 Å². The molecule has 0 saturated heterocycles. The molecule has 0 amide bonds. The minimum atomic E-state index is -0.0489. The molecule has 0 bridgehead atoms. The highest BCUT2D eigenvalue weighted by molar-refractivity contribution is 5.97. The van der Waals surface area contributed by atoms with Crippen molar-refractivity contribution in [3.8, 4) is 5.69 Å². The van der Waals surface area contributed by atoms with Gasteiger partial charge in [0.25, 0.3) is 0 Å². The average Bonchev–Trinajstić information content (AvgIpc) is 2.82. The Morgan fingerprint density at radius 3 is 2.35 bits per heavy atom. The number of nitrogens with zero attached hydrogens (tertiary/aromatic N) is 2. The van der Waals surface area contributed by atoms with Crippen LogP contribution in [0.25, 0.3) is 5.69 Å². The van der Waals surface area contributed by atoms with Crippen molar-refractivity contribution in [1.82, 2.24) is 9.55 Å². The smallest absolute Gasteiger partial charge is 0.176 e. The van der Waals surface area contributed by atoms with E-state index >= 15 is 0 Å². The first-order valence-electron chi connectivity index (χ1n) is 4.63. The van der Waals surface area contributed by atoms with Gasteiger partial charge in [-0.05, 0) is 24.3 Å². The number of halogens is 2. The van der Waals surface area contributed by atoms with E-state index in [-0.39, 0.29) is 37.1 Å². The van der Waals surface area contributed by atoms with Crippen LogP contribution in [0.5, 0.6) is 0 Å². The third-order valence-corrected chi connectivity index (χ3v) is 2.18. The van der Waals surface area contributed by atoms with E-state index in [1.807, 2.05) is 22.9 Å². The number of rotatable bonds is 3. The molecule has 0 radical (unpaired) electrons. The second-order valence-electron chi connectivity index (χ2n) is 3.14. The van der Waals surface area contributed by atoms with Gasteiger partial charge in [-0.3, -0.25) is 4.79 Å². The number of hydrogen-bond acceptors (Lipinski definition) is 3. The number of hydrogen-bond donors (Lipinski definition) is 1. The summed E-state index contributed by atoms with van der Waals surface area (Å²) < 4.78 is 1.87. The average molecular weight is 274 g/mol. The number of ketones is 1. The van der Waals surface area contributed by atoms with Gasteiger partial charge in [0.05, 0.1) is 12.9 Å². The van der Waals surface area contributed by atoms with E-state index in [1.54, 1.807) is 24.7 Å². The Morgan fingerprint density at radius 1 is 1.24 bits per heavy atom. The Labute approximate surface area is 112 Å². The number of nitrogens with two attached hydrogens (primary N) is 1. The second kappa shape index (κ2) is 7.06. The third-order valence-electron chi connectivity index (χ3n) is 2.18. The van der Waals surface area contributed by atoms with E-state index in [0.29, 0.717) is 5.56 Å². The fraction of sp³-hybridized carbons (Fsp3) is 0.0909. The molecule has 2 aromatic rings. The van der Waals surface area contributed by atoms with Crippen molar-refractivity contribution in [2.75, 3.05) is 6.54 Å². The van der Waals surface area contributed by atoms with Gasteiger partial charge in [-0.25, -0.2) is 4.98 Å². The van der Waals surface area contributed by atoms with Gasteiger partial charge >= 0.3 is 0 Å². The summed E-state index contributed by atoms with van der Waals surface area (Å²) in [6, 6.07) is 7.27. The molecule has 2 rings (SSSR count). The maximum atomic E-state index is 11.3. The molecule has 0 aliphatic rings. The van der Waals surface area contributed by atoms with Crippen LogP contribution in [0.1, 0.15) is 10.4 Å². The first kappa shape index (κ1) is 15.6. The van der Waals surface area contributed by atoms with Crippen LogP contribution in [0, 0.1) is 0 Å². The molecule has 1 aromatic heterocycles. The lowest BCUT2D eigenvalue weighted by molar-refractivity contribution is 0.100. The summed E-state index contributed by atoms with van der Waals surface area (Å²) in [7, 11) is 0. The van der Waals surface area contributed by atoms with Gasteiger partial charge in [0, 0.05) is 23.6 Å². The predicted molar refractivity (Wildman–Crippen MR) is 71.4 cm³/mol. The van der Waals surface area contributed by atoms with Crippen LogP contribution in [0.3, 0.4) is 0 Å². The number of aromatic nitrogens is 2. The number of carbonyl (C=O) groups is 1. The minimum absolute atomic E-state index is 0. The van der Waals surface area contributed by atoms with Crippen molar-refractivity contribution in [2.24, 2.45) is 5.73 Å². The third kappa shape index (κ3) is 3.56. The van der Waals surface area contributed by atoms with Gasteiger partial charge < -0.3 is 10.3 Å². The van der Waals surface area contributed by atoms with Gasteiger partial charge in [0.15, 0.2) is 5.78 Å². The Hall–Kier alpha value is -1.36. The molecular formula is C11H13Cl2N3O. The van der Waals surface area contributed by atoms with Gasteiger partial charge in [0.2, 0.25) is 0 Å². The molecule has 0 aliphatic heterocycles. The van der Waals surface area contributed by atoms with Crippen molar-refractivity contribution in [3.05, 3.63) is 48.5 Å². The van der Waals surface area contributed by atoms with E-state index in [1.165, 1.54) is 0 Å². The molecule has 0 spiro atoms. The van der Waals surface area contributed by atoms with Gasteiger partial charge in [-0.1, -0.05) is 0 Å². The lowest BCUT2D eigenvalue weighted by Gasteiger charge is -2.02. The summed E-state index contributed by atoms with van der Waals surface area (Å²) in [5, 5.41) is 0. The SMILES string of the molecule is Cl.Cl.NCC(=O)c1ccc(-n2ccnc2)cc1. The molecule has 0 unspecified atom stereocenters. The molecule has 2 N–H and O–H groups in total. The van der Waals surface area contributed by atoms with Crippen molar-refractivity contribution in [1.29, 1.82) is 0 Å². The fourth-order valence-corrected chi connectivity index (χ4v) is 1.35. The van der Waals surface area contributed by atoms with Crippen molar-refractivity contribution in [3.63, 3.8) is 0 Å². The molecule has 1 aromatic carbocycles. The highest BCUT2D eigenvalue weighted by Crippen LogP contribution is 2.09. The quantitative estimate of drug-likeness (QED) is 0.869.